The fourth-order valence-electron chi connectivity index (χ4n) is 1.51. The van der Waals surface area contributed by atoms with Gasteiger partial charge in [0.05, 0.1) is 4.90 Å². The molecule has 4 nitrogen and oxygen atoms in total. The van der Waals surface area contributed by atoms with Crippen molar-refractivity contribution >= 4 is 41.9 Å². The molecule has 0 bridgehead atoms. The molecule has 1 aromatic carbocycles. The minimum absolute atomic E-state index is 0.259. The Kier molecular flexibility index (Phi) is 6.46. The highest BCUT2D eigenvalue weighted by molar-refractivity contribution is 9.11. The molecule has 7 heteroatoms. The zero-order chi connectivity index (χ0) is 14.6. The minimum atomic E-state index is -3.47. The lowest BCUT2D eigenvalue weighted by molar-refractivity contribution is 0.400. The summed E-state index contributed by atoms with van der Waals surface area (Å²) in [4.78, 5) is 2.28. The summed E-state index contributed by atoms with van der Waals surface area (Å²) in [6, 6.07) is 3.41. The van der Waals surface area contributed by atoms with Gasteiger partial charge in [-0.1, -0.05) is 15.9 Å². The number of aryl methyl sites for hydroxylation is 1. The maximum absolute atomic E-state index is 12.2. The zero-order valence-electron chi connectivity index (χ0n) is 11.2. The molecule has 0 aromatic heterocycles. The fraction of sp³-hybridized carbons (Fsp3) is 0.500. The number of hydrogen-bond acceptors (Lipinski definition) is 3. The van der Waals surface area contributed by atoms with E-state index in [1.807, 2.05) is 25.9 Å². The highest BCUT2D eigenvalue weighted by Crippen LogP contribution is 2.28. The Morgan fingerprint density at radius 3 is 2.42 bits per heavy atom. The topological polar surface area (TPSA) is 49.4 Å². The van der Waals surface area contributed by atoms with Crippen LogP contribution in [0, 0.1) is 6.92 Å². The summed E-state index contributed by atoms with van der Waals surface area (Å²) in [5.41, 5.74) is 0.985. The van der Waals surface area contributed by atoms with Crippen LogP contribution >= 0.6 is 31.9 Å². The van der Waals surface area contributed by atoms with E-state index in [4.69, 9.17) is 0 Å². The molecule has 1 aromatic rings. The smallest absolute Gasteiger partial charge is 0.241 e. The number of halogens is 2. The second-order valence-electron chi connectivity index (χ2n) is 4.59. The number of hydrogen-bond donors (Lipinski definition) is 1. The van der Waals surface area contributed by atoms with Gasteiger partial charge in [0, 0.05) is 15.5 Å². The summed E-state index contributed by atoms with van der Waals surface area (Å²) < 4.78 is 28.3. The Morgan fingerprint density at radius 2 is 1.84 bits per heavy atom. The Morgan fingerprint density at radius 1 is 1.21 bits per heavy atom. The third-order valence-corrected chi connectivity index (χ3v) is 5.85. The molecule has 0 unspecified atom stereocenters. The van der Waals surface area contributed by atoms with Crippen molar-refractivity contribution in [2.45, 2.75) is 18.2 Å². The number of nitrogens with one attached hydrogen (secondary N) is 1. The van der Waals surface area contributed by atoms with E-state index in [0.29, 0.717) is 11.0 Å². The third kappa shape index (κ3) is 5.15. The maximum Gasteiger partial charge on any atom is 0.241 e. The monoisotopic (exact) mass is 412 g/mol. The predicted octanol–water partition coefficient (Wildman–Crippen LogP) is 2.75. The lowest BCUT2D eigenvalue weighted by Crippen LogP contribution is -2.27. The van der Waals surface area contributed by atoms with Crippen LogP contribution in [0.1, 0.15) is 12.0 Å². The van der Waals surface area contributed by atoms with E-state index in [9.17, 15) is 8.42 Å². The molecule has 0 saturated heterocycles. The van der Waals surface area contributed by atoms with Gasteiger partial charge in [-0.2, -0.15) is 0 Å². The van der Waals surface area contributed by atoms with E-state index >= 15 is 0 Å². The van der Waals surface area contributed by atoms with Gasteiger partial charge >= 0.3 is 0 Å². The first kappa shape index (κ1) is 17.1. The standard InChI is InChI=1S/C12H18Br2N2O2S/c1-9-7-11(14)12(8-10(9)13)19(17,18)15-5-4-6-16(2)3/h7-8,15H,4-6H2,1-3H3. The van der Waals surface area contributed by atoms with E-state index in [1.54, 1.807) is 12.1 Å². The maximum atomic E-state index is 12.2. The average molecular weight is 414 g/mol. The van der Waals surface area contributed by atoms with E-state index in [0.717, 1.165) is 23.0 Å². The molecular weight excluding hydrogens is 396 g/mol. The first-order valence-corrected chi connectivity index (χ1v) is 8.91. The molecule has 108 valence electrons. The van der Waals surface area contributed by atoms with Crippen molar-refractivity contribution in [3.8, 4) is 0 Å². The Balaban J connectivity index is 2.80. The quantitative estimate of drug-likeness (QED) is 0.729. The second kappa shape index (κ2) is 7.17. The van der Waals surface area contributed by atoms with Crippen LogP contribution in [0.2, 0.25) is 0 Å². The van der Waals surface area contributed by atoms with Crippen molar-refractivity contribution < 1.29 is 8.42 Å². The van der Waals surface area contributed by atoms with Crippen LogP contribution in [-0.2, 0) is 10.0 Å². The summed E-state index contributed by atoms with van der Waals surface area (Å²) in [5, 5.41) is 0. The largest absolute Gasteiger partial charge is 0.309 e. The van der Waals surface area contributed by atoms with Crippen LogP contribution in [0.4, 0.5) is 0 Å². The number of rotatable bonds is 6. The summed E-state index contributed by atoms with van der Waals surface area (Å²) in [6.07, 6.45) is 0.775. The van der Waals surface area contributed by atoms with Crippen molar-refractivity contribution in [2.24, 2.45) is 0 Å². The van der Waals surface area contributed by atoms with E-state index in [-0.39, 0.29) is 4.90 Å². The predicted molar refractivity (Wildman–Crippen MR) is 84.9 cm³/mol. The number of benzene rings is 1. The van der Waals surface area contributed by atoms with Gasteiger partial charge in [0.1, 0.15) is 0 Å². The van der Waals surface area contributed by atoms with E-state index < -0.39 is 10.0 Å². The molecule has 0 heterocycles. The summed E-state index contributed by atoms with van der Waals surface area (Å²) in [6.45, 7) is 3.19. The molecule has 0 fully saturated rings. The summed E-state index contributed by atoms with van der Waals surface area (Å²) in [5.74, 6) is 0. The normalized spacial score (nSPS) is 12.1. The SMILES string of the molecule is Cc1cc(Br)c(S(=O)(=O)NCCCN(C)C)cc1Br. The van der Waals surface area contributed by atoms with Crippen molar-refractivity contribution in [2.75, 3.05) is 27.2 Å². The van der Waals surface area contributed by atoms with Crippen LogP contribution in [0.25, 0.3) is 0 Å². The summed E-state index contributed by atoms with van der Waals surface area (Å²) in [7, 11) is 0.447. The Bertz CT molecular complexity index is 545. The van der Waals surface area contributed by atoms with Crippen molar-refractivity contribution in [3.63, 3.8) is 0 Å². The lowest BCUT2D eigenvalue weighted by Gasteiger charge is -2.12. The summed E-state index contributed by atoms with van der Waals surface area (Å²) >= 11 is 6.65. The first-order valence-electron chi connectivity index (χ1n) is 5.84. The molecule has 19 heavy (non-hydrogen) atoms. The van der Waals surface area contributed by atoms with Crippen molar-refractivity contribution in [3.05, 3.63) is 26.6 Å². The Hall–Kier alpha value is 0.0500. The van der Waals surface area contributed by atoms with Gasteiger partial charge in [0.2, 0.25) is 10.0 Å². The molecule has 0 saturated carbocycles. The van der Waals surface area contributed by atoms with Crippen LogP contribution in [0.15, 0.2) is 26.0 Å². The van der Waals surface area contributed by atoms with Gasteiger partial charge in [-0.3, -0.25) is 0 Å². The van der Waals surface area contributed by atoms with Crippen molar-refractivity contribution in [1.82, 2.24) is 9.62 Å². The van der Waals surface area contributed by atoms with E-state index in [2.05, 4.69) is 36.6 Å². The van der Waals surface area contributed by atoms with Gasteiger partial charge in [0.15, 0.2) is 0 Å². The molecule has 0 radical (unpaired) electrons. The van der Waals surface area contributed by atoms with Crippen LogP contribution in [-0.4, -0.2) is 40.5 Å². The molecule has 0 amide bonds. The molecule has 1 rings (SSSR count). The molecule has 0 aliphatic heterocycles. The van der Waals surface area contributed by atoms with E-state index in [1.165, 1.54) is 0 Å². The van der Waals surface area contributed by atoms with Gasteiger partial charge in [-0.15, -0.1) is 0 Å². The fourth-order valence-corrected chi connectivity index (χ4v) is 4.26. The Labute approximate surface area is 131 Å². The molecule has 0 aliphatic rings. The molecule has 1 N–H and O–H groups in total. The minimum Gasteiger partial charge on any atom is -0.309 e. The average Bonchev–Trinajstić information content (AvgIpc) is 2.29. The number of sulfonamides is 1. The molecule has 0 spiro atoms. The van der Waals surface area contributed by atoms with Gasteiger partial charge in [-0.05, 0) is 67.6 Å². The highest BCUT2D eigenvalue weighted by atomic mass is 79.9. The zero-order valence-corrected chi connectivity index (χ0v) is 15.2. The lowest BCUT2D eigenvalue weighted by atomic mass is 10.2. The van der Waals surface area contributed by atoms with Crippen LogP contribution in [0.3, 0.4) is 0 Å². The van der Waals surface area contributed by atoms with Crippen molar-refractivity contribution in [1.29, 1.82) is 0 Å². The second-order valence-corrected chi connectivity index (χ2v) is 8.03. The molecule has 0 aliphatic carbocycles. The number of nitrogens with zero attached hydrogens (tertiary/aromatic N) is 1. The molecular formula is C12H18Br2N2O2S. The first-order chi connectivity index (χ1) is 8.74. The molecule has 0 atom stereocenters. The van der Waals surface area contributed by atoms with Gasteiger partial charge in [-0.25, -0.2) is 13.1 Å². The highest BCUT2D eigenvalue weighted by Gasteiger charge is 2.18. The van der Waals surface area contributed by atoms with Crippen LogP contribution in [0.5, 0.6) is 0 Å². The van der Waals surface area contributed by atoms with Crippen LogP contribution < -0.4 is 4.72 Å². The van der Waals surface area contributed by atoms with Gasteiger partial charge in [0.25, 0.3) is 0 Å². The third-order valence-electron chi connectivity index (χ3n) is 2.58. The van der Waals surface area contributed by atoms with Gasteiger partial charge < -0.3 is 4.90 Å².